The van der Waals surface area contributed by atoms with Gasteiger partial charge in [-0.3, -0.25) is 0 Å². The van der Waals surface area contributed by atoms with Crippen molar-refractivity contribution >= 4 is 27.7 Å². The molecule has 0 heterocycles. The summed E-state index contributed by atoms with van der Waals surface area (Å²) in [6, 6.07) is 8.25. The molecule has 74 valence electrons. The number of thioether (sulfide) groups is 1. The predicted octanol–water partition coefficient (Wildman–Crippen LogP) is 4.02. The normalized spacial score (nSPS) is 10.2. The molecule has 0 aliphatic heterocycles. The highest BCUT2D eigenvalue weighted by Crippen LogP contribution is 2.31. The summed E-state index contributed by atoms with van der Waals surface area (Å²) in [5.74, 6) is 0. The molecule has 0 amide bonds. The topological polar surface area (TPSA) is 23.8 Å². The highest BCUT2D eigenvalue weighted by molar-refractivity contribution is 9.10. The van der Waals surface area contributed by atoms with Crippen LogP contribution in [0.5, 0.6) is 0 Å². The van der Waals surface area contributed by atoms with E-state index in [1.165, 1.54) is 4.90 Å². The van der Waals surface area contributed by atoms with Crippen molar-refractivity contribution in [2.45, 2.75) is 30.4 Å². The zero-order valence-electron chi connectivity index (χ0n) is 8.25. The molecule has 1 aromatic carbocycles. The largest absolute Gasteiger partial charge is 0.198 e. The van der Waals surface area contributed by atoms with Gasteiger partial charge in [-0.2, -0.15) is 5.26 Å². The first kappa shape index (κ1) is 11.6. The molecule has 3 heteroatoms. The summed E-state index contributed by atoms with van der Waals surface area (Å²) in [6.07, 6.45) is 0.477. The van der Waals surface area contributed by atoms with Gasteiger partial charge in [-0.25, -0.2) is 0 Å². The quantitative estimate of drug-likeness (QED) is 0.775. The van der Waals surface area contributed by atoms with Crippen molar-refractivity contribution in [1.29, 1.82) is 5.26 Å². The highest BCUT2D eigenvalue weighted by atomic mass is 79.9. The van der Waals surface area contributed by atoms with Crippen LogP contribution in [0.2, 0.25) is 0 Å². The van der Waals surface area contributed by atoms with Crippen molar-refractivity contribution in [3.05, 3.63) is 28.2 Å². The average Bonchev–Trinajstić information content (AvgIpc) is 2.10. The van der Waals surface area contributed by atoms with Gasteiger partial charge in [0.15, 0.2) is 0 Å². The van der Waals surface area contributed by atoms with E-state index in [1.807, 2.05) is 23.9 Å². The third-order valence-electron chi connectivity index (χ3n) is 1.64. The van der Waals surface area contributed by atoms with Gasteiger partial charge in [0.1, 0.15) is 0 Å². The van der Waals surface area contributed by atoms with Gasteiger partial charge in [0.25, 0.3) is 0 Å². The molecular formula is C11H12BrNS. The summed E-state index contributed by atoms with van der Waals surface area (Å²) < 4.78 is 1.09. The molecule has 0 N–H and O–H groups in total. The fourth-order valence-corrected chi connectivity index (χ4v) is 2.63. The molecule has 0 aliphatic rings. The Morgan fingerprint density at radius 2 is 2.21 bits per heavy atom. The lowest BCUT2D eigenvalue weighted by Crippen LogP contribution is -1.88. The van der Waals surface area contributed by atoms with E-state index in [2.05, 4.69) is 41.9 Å². The molecule has 0 aromatic heterocycles. The van der Waals surface area contributed by atoms with E-state index in [0.29, 0.717) is 11.7 Å². The van der Waals surface area contributed by atoms with Crippen molar-refractivity contribution in [1.82, 2.24) is 0 Å². The monoisotopic (exact) mass is 269 g/mol. The SMILES string of the molecule is CC(C)Sc1ccc(CC#N)cc1Br. The van der Waals surface area contributed by atoms with Crippen LogP contribution in [0, 0.1) is 11.3 Å². The molecule has 0 unspecified atom stereocenters. The first-order valence-corrected chi connectivity index (χ1v) is 6.12. The fraction of sp³-hybridized carbons (Fsp3) is 0.364. The van der Waals surface area contributed by atoms with Crippen molar-refractivity contribution in [2.75, 3.05) is 0 Å². The van der Waals surface area contributed by atoms with Crippen LogP contribution in [0.25, 0.3) is 0 Å². The zero-order valence-corrected chi connectivity index (χ0v) is 10.7. The minimum atomic E-state index is 0.477. The molecule has 0 saturated heterocycles. The van der Waals surface area contributed by atoms with E-state index in [0.717, 1.165) is 10.0 Å². The second-order valence-corrected chi connectivity index (χ2v) is 5.74. The molecule has 0 spiro atoms. The summed E-state index contributed by atoms with van der Waals surface area (Å²) in [7, 11) is 0. The number of benzene rings is 1. The Balaban J connectivity index is 2.85. The number of nitrogens with zero attached hydrogens (tertiary/aromatic N) is 1. The molecule has 0 fully saturated rings. The van der Waals surface area contributed by atoms with Gasteiger partial charge in [0.05, 0.1) is 12.5 Å². The van der Waals surface area contributed by atoms with Crippen LogP contribution in [0.3, 0.4) is 0 Å². The van der Waals surface area contributed by atoms with E-state index >= 15 is 0 Å². The second kappa shape index (κ2) is 5.43. The summed E-state index contributed by atoms with van der Waals surface area (Å²) >= 11 is 5.34. The van der Waals surface area contributed by atoms with Crippen LogP contribution in [0.1, 0.15) is 19.4 Å². The van der Waals surface area contributed by atoms with Crippen LogP contribution < -0.4 is 0 Å². The molecular weight excluding hydrogens is 258 g/mol. The van der Waals surface area contributed by atoms with Crippen LogP contribution in [0.15, 0.2) is 27.6 Å². The van der Waals surface area contributed by atoms with Gasteiger partial charge in [-0.1, -0.05) is 19.9 Å². The average molecular weight is 270 g/mol. The maximum Gasteiger partial charge on any atom is 0.0669 e. The lowest BCUT2D eigenvalue weighted by molar-refractivity contribution is 1.10. The molecule has 1 rings (SSSR count). The molecule has 0 radical (unpaired) electrons. The number of rotatable bonds is 3. The lowest BCUT2D eigenvalue weighted by atomic mass is 10.2. The highest BCUT2D eigenvalue weighted by Gasteiger charge is 2.04. The minimum Gasteiger partial charge on any atom is -0.198 e. The Hall–Kier alpha value is -0.460. The molecule has 0 bridgehead atoms. The third-order valence-corrected chi connectivity index (χ3v) is 3.64. The second-order valence-electron chi connectivity index (χ2n) is 3.27. The Morgan fingerprint density at radius 1 is 1.50 bits per heavy atom. The predicted molar refractivity (Wildman–Crippen MR) is 64.5 cm³/mol. The Labute approximate surface area is 97.6 Å². The van der Waals surface area contributed by atoms with Gasteiger partial charge in [-0.05, 0) is 33.6 Å². The molecule has 1 aromatic rings. The van der Waals surface area contributed by atoms with E-state index < -0.39 is 0 Å². The van der Waals surface area contributed by atoms with Gasteiger partial charge in [0.2, 0.25) is 0 Å². The van der Waals surface area contributed by atoms with E-state index in [9.17, 15) is 0 Å². The molecule has 0 saturated carbocycles. The number of hydrogen-bond donors (Lipinski definition) is 0. The van der Waals surface area contributed by atoms with Crippen LogP contribution in [0.4, 0.5) is 0 Å². The van der Waals surface area contributed by atoms with E-state index in [4.69, 9.17) is 5.26 Å². The molecule has 14 heavy (non-hydrogen) atoms. The Kier molecular flexibility index (Phi) is 4.50. The van der Waals surface area contributed by atoms with Gasteiger partial charge < -0.3 is 0 Å². The third kappa shape index (κ3) is 3.36. The minimum absolute atomic E-state index is 0.477. The summed E-state index contributed by atoms with van der Waals surface area (Å²) in [6.45, 7) is 4.33. The Bertz CT molecular complexity index is 355. The van der Waals surface area contributed by atoms with Crippen LogP contribution in [-0.2, 0) is 6.42 Å². The van der Waals surface area contributed by atoms with Crippen molar-refractivity contribution < 1.29 is 0 Å². The summed E-state index contributed by atoms with van der Waals surface area (Å²) in [5.41, 5.74) is 1.06. The maximum atomic E-state index is 8.55. The van der Waals surface area contributed by atoms with Crippen molar-refractivity contribution in [3.63, 3.8) is 0 Å². The van der Waals surface area contributed by atoms with Crippen molar-refractivity contribution in [2.24, 2.45) is 0 Å². The van der Waals surface area contributed by atoms with Gasteiger partial charge in [0, 0.05) is 14.6 Å². The van der Waals surface area contributed by atoms with Gasteiger partial charge in [-0.15, -0.1) is 11.8 Å². The van der Waals surface area contributed by atoms with E-state index in [1.54, 1.807) is 0 Å². The van der Waals surface area contributed by atoms with Crippen molar-refractivity contribution in [3.8, 4) is 6.07 Å². The standard InChI is InChI=1S/C11H12BrNS/c1-8(2)14-11-4-3-9(5-6-13)7-10(11)12/h3-4,7-8H,5H2,1-2H3. The first-order chi connectivity index (χ1) is 6.63. The van der Waals surface area contributed by atoms with Crippen LogP contribution in [-0.4, -0.2) is 5.25 Å². The smallest absolute Gasteiger partial charge is 0.0669 e. The number of halogens is 1. The summed E-state index contributed by atoms with van der Waals surface area (Å²) in [4.78, 5) is 1.24. The maximum absolute atomic E-state index is 8.55. The fourth-order valence-electron chi connectivity index (χ4n) is 1.10. The summed E-state index contributed by atoms with van der Waals surface area (Å²) in [5, 5.41) is 9.13. The van der Waals surface area contributed by atoms with E-state index in [-0.39, 0.29) is 0 Å². The first-order valence-electron chi connectivity index (χ1n) is 4.45. The molecule has 0 aliphatic carbocycles. The number of hydrogen-bond acceptors (Lipinski definition) is 2. The molecule has 1 nitrogen and oxygen atoms in total. The lowest BCUT2D eigenvalue weighted by Gasteiger charge is -2.07. The zero-order chi connectivity index (χ0) is 10.6. The Morgan fingerprint density at radius 3 is 2.71 bits per heavy atom. The molecule has 0 atom stereocenters. The number of nitriles is 1. The van der Waals surface area contributed by atoms with Crippen LogP contribution >= 0.6 is 27.7 Å². The van der Waals surface area contributed by atoms with Gasteiger partial charge >= 0.3 is 0 Å².